The lowest BCUT2D eigenvalue weighted by Crippen LogP contribution is -2.39. The van der Waals surface area contributed by atoms with E-state index in [1.54, 1.807) is 7.11 Å². The van der Waals surface area contributed by atoms with Crippen molar-refractivity contribution >= 4 is 16.5 Å². The second kappa shape index (κ2) is 8.71. The van der Waals surface area contributed by atoms with E-state index in [2.05, 4.69) is 24.1 Å². The number of piperidine rings is 1. The first kappa shape index (κ1) is 16.7. The molecule has 0 amide bonds. The van der Waals surface area contributed by atoms with Gasteiger partial charge < -0.3 is 15.0 Å². The van der Waals surface area contributed by atoms with Crippen molar-refractivity contribution in [2.24, 2.45) is 0 Å². The molecule has 4 nitrogen and oxygen atoms in total. The van der Waals surface area contributed by atoms with Crippen LogP contribution in [0.3, 0.4) is 0 Å². The van der Waals surface area contributed by atoms with Gasteiger partial charge in [-0.1, -0.05) is 20.3 Å². The van der Waals surface area contributed by atoms with E-state index >= 15 is 0 Å². The van der Waals surface area contributed by atoms with Gasteiger partial charge in [-0.2, -0.15) is 0 Å². The fourth-order valence-corrected chi connectivity index (χ4v) is 4.13. The van der Waals surface area contributed by atoms with Gasteiger partial charge >= 0.3 is 0 Å². The Morgan fingerprint density at radius 2 is 2.24 bits per heavy atom. The summed E-state index contributed by atoms with van der Waals surface area (Å²) in [5.74, 6) is 0. The second-order valence-corrected chi connectivity index (χ2v) is 6.77. The smallest absolute Gasteiger partial charge is 0.186 e. The molecule has 1 aromatic heterocycles. The largest absolute Gasteiger partial charge is 0.378 e. The first-order valence-corrected chi connectivity index (χ1v) is 9.06. The van der Waals surface area contributed by atoms with Gasteiger partial charge in [0.05, 0.1) is 12.3 Å². The van der Waals surface area contributed by atoms with Gasteiger partial charge in [-0.05, 0) is 32.2 Å². The van der Waals surface area contributed by atoms with Crippen molar-refractivity contribution in [2.45, 2.75) is 65.1 Å². The fraction of sp³-hybridized carbons (Fsp3) is 0.812. The van der Waals surface area contributed by atoms with Gasteiger partial charge in [0, 0.05) is 31.1 Å². The number of nitrogens with zero attached hydrogens (tertiary/aromatic N) is 2. The Bertz CT molecular complexity index is 420. The van der Waals surface area contributed by atoms with Crippen LogP contribution in [0.25, 0.3) is 0 Å². The Labute approximate surface area is 132 Å². The predicted molar refractivity (Wildman–Crippen MR) is 90.1 cm³/mol. The van der Waals surface area contributed by atoms with Crippen molar-refractivity contribution < 1.29 is 4.74 Å². The molecule has 0 aliphatic carbocycles. The van der Waals surface area contributed by atoms with Crippen LogP contribution in [0.5, 0.6) is 0 Å². The normalized spacial score (nSPS) is 19.2. The van der Waals surface area contributed by atoms with Crippen molar-refractivity contribution in [2.75, 3.05) is 25.1 Å². The van der Waals surface area contributed by atoms with Crippen LogP contribution >= 0.6 is 11.3 Å². The highest BCUT2D eigenvalue weighted by Crippen LogP contribution is 2.33. The number of rotatable bonds is 8. The summed E-state index contributed by atoms with van der Waals surface area (Å²) in [5, 5.41) is 4.61. The second-order valence-electron chi connectivity index (χ2n) is 5.71. The number of anilines is 1. The summed E-state index contributed by atoms with van der Waals surface area (Å²) in [6.07, 6.45) is 6.50. The molecule has 1 aliphatic rings. The molecular weight excluding hydrogens is 282 g/mol. The van der Waals surface area contributed by atoms with Gasteiger partial charge in [0.2, 0.25) is 0 Å². The number of hydrogen-bond acceptors (Lipinski definition) is 5. The molecule has 21 heavy (non-hydrogen) atoms. The van der Waals surface area contributed by atoms with E-state index < -0.39 is 0 Å². The zero-order chi connectivity index (χ0) is 15.1. The van der Waals surface area contributed by atoms with Crippen molar-refractivity contribution in [1.29, 1.82) is 0 Å². The van der Waals surface area contributed by atoms with E-state index in [0.29, 0.717) is 12.6 Å². The van der Waals surface area contributed by atoms with Crippen LogP contribution in [0.2, 0.25) is 0 Å². The molecule has 1 saturated heterocycles. The van der Waals surface area contributed by atoms with Crippen LogP contribution in [-0.2, 0) is 17.9 Å². The molecule has 0 aromatic carbocycles. The van der Waals surface area contributed by atoms with E-state index in [4.69, 9.17) is 9.72 Å². The molecule has 2 rings (SSSR count). The summed E-state index contributed by atoms with van der Waals surface area (Å²) >= 11 is 1.85. The summed E-state index contributed by atoms with van der Waals surface area (Å²) in [6, 6.07) is 0.678. The maximum absolute atomic E-state index is 5.32. The highest BCUT2D eigenvalue weighted by atomic mass is 32.1. The molecule has 1 atom stereocenters. The van der Waals surface area contributed by atoms with Gasteiger partial charge in [0.25, 0.3) is 0 Å². The van der Waals surface area contributed by atoms with Crippen molar-refractivity contribution in [1.82, 2.24) is 10.3 Å². The quantitative estimate of drug-likeness (QED) is 0.796. The summed E-state index contributed by atoms with van der Waals surface area (Å²) in [6.45, 7) is 8.08. The van der Waals surface area contributed by atoms with Gasteiger partial charge in [0.15, 0.2) is 5.13 Å². The molecule has 0 radical (unpaired) electrons. The van der Waals surface area contributed by atoms with Crippen LogP contribution in [0.1, 0.15) is 56.5 Å². The average Bonchev–Trinajstić information content (AvgIpc) is 2.89. The van der Waals surface area contributed by atoms with Crippen molar-refractivity contribution in [3.63, 3.8) is 0 Å². The minimum Gasteiger partial charge on any atom is -0.378 e. The van der Waals surface area contributed by atoms with Crippen LogP contribution in [0.4, 0.5) is 5.13 Å². The van der Waals surface area contributed by atoms with Crippen LogP contribution in [0, 0.1) is 0 Å². The Kier molecular flexibility index (Phi) is 6.93. The topological polar surface area (TPSA) is 37.4 Å². The Hall–Kier alpha value is -0.650. The lowest BCUT2D eigenvalue weighted by Gasteiger charge is -2.35. The summed E-state index contributed by atoms with van der Waals surface area (Å²) in [4.78, 5) is 8.76. The molecule has 1 N–H and O–H groups in total. The Morgan fingerprint density at radius 1 is 1.38 bits per heavy atom. The molecule has 1 unspecified atom stereocenters. The van der Waals surface area contributed by atoms with Gasteiger partial charge in [-0.3, -0.25) is 0 Å². The average molecular weight is 311 g/mol. The Balaban J connectivity index is 2.16. The van der Waals surface area contributed by atoms with Crippen molar-refractivity contribution in [3.05, 3.63) is 10.6 Å². The third-order valence-electron chi connectivity index (χ3n) is 4.08. The van der Waals surface area contributed by atoms with E-state index in [9.17, 15) is 0 Å². The lowest BCUT2D eigenvalue weighted by molar-refractivity contribution is 0.181. The highest BCUT2D eigenvalue weighted by molar-refractivity contribution is 7.15. The number of thiazole rings is 1. The molecule has 1 fully saturated rings. The zero-order valence-electron chi connectivity index (χ0n) is 13.7. The third kappa shape index (κ3) is 4.41. The molecule has 0 saturated carbocycles. The zero-order valence-corrected chi connectivity index (χ0v) is 14.5. The van der Waals surface area contributed by atoms with Gasteiger partial charge in [-0.15, -0.1) is 11.3 Å². The molecule has 1 aliphatic heterocycles. The van der Waals surface area contributed by atoms with E-state index in [1.165, 1.54) is 42.1 Å². The predicted octanol–water partition coefficient (Wildman–Crippen LogP) is 3.56. The minimum atomic E-state index is 0.615. The van der Waals surface area contributed by atoms with Crippen LogP contribution < -0.4 is 10.2 Å². The minimum absolute atomic E-state index is 0.615. The molecule has 5 heteroatoms. The number of nitrogens with one attached hydrogen (secondary N) is 1. The Morgan fingerprint density at radius 3 is 2.95 bits per heavy atom. The summed E-state index contributed by atoms with van der Waals surface area (Å²) < 4.78 is 5.32. The molecule has 0 bridgehead atoms. The summed E-state index contributed by atoms with van der Waals surface area (Å²) in [5.41, 5.74) is 1.11. The fourth-order valence-electron chi connectivity index (χ4n) is 3.00. The number of hydrogen-bond donors (Lipinski definition) is 1. The molecular formula is C16H29N3OS. The molecule has 1 aromatic rings. The van der Waals surface area contributed by atoms with E-state index in [0.717, 1.165) is 25.3 Å². The maximum Gasteiger partial charge on any atom is 0.186 e. The maximum atomic E-state index is 5.32. The van der Waals surface area contributed by atoms with Crippen LogP contribution in [0.15, 0.2) is 0 Å². The van der Waals surface area contributed by atoms with E-state index in [-0.39, 0.29) is 0 Å². The monoisotopic (exact) mass is 311 g/mol. The van der Waals surface area contributed by atoms with Crippen LogP contribution in [-0.4, -0.2) is 31.2 Å². The first-order valence-electron chi connectivity index (χ1n) is 8.25. The lowest BCUT2D eigenvalue weighted by atomic mass is 9.99. The van der Waals surface area contributed by atoms with E-state index in [1.807, 2.05) is 11.3 Å². The molecule has 120 valence electrons. The third-order valence-corrected chi connectivity index (χ3v) is 5.21. The highest BCUT2D eigenvalue weighted by Gasteiger charge is 2.25. The number of methoxy groups -OCH3 is 1. The standard InChI is InChI=1S/C16H29N3OS/c1-4-8-13-9-6-7-10-19(13)16-18-14(12-20-3)15(21-16)11-17-5-2/h13,17H,4-12H2,1-3H3. The molecule has 0 spiro atoms. The number of aromatic nitrogens is 1. The summed E-state index contributed by atoms with van der Waals surface area (Å²) in [7, 11) is 1.75. The SMILES string of the molecule is CCCC1CCCCN1c1nc(COC)c(CNCC)s1. The first-order chi connectivity index (χ1) is 10.3. The van der Waals surface area contributed by atoms with Gasteiger partial charge in [-0.25, -0.2) is 4.98 Å². The number of ether oxygens (including phenoxy) is 1. The van der Waals surface area contributed by atoms with Crippen molar-refractivity contribution in [3.8, 4) is 0 Å². The van der Waals surface area contributed by atoms with Gasteiger partial charge in [0.1, 0.15) is 0 Å². The molecule has 2 heterocycles.